The van der Waals surface area contributed by atoms with E-state index in [4.69, 9.17) is 11.5 Å². The summed E-state index contributed by atoms with van der Waals surface area (Å²) in [4.78, 5) is 28.1. The molecule has 0 aromatic carbocycles. The summed E-state index contributed by atoms with van der Waals surface area (Å²) >= 11 is 0. The van der Waals surface area contributed by atoms with E-state index in [2.05, 4.69) is 9.97 Å². The van der Waals surface area contributed by atoms with Crippen molar-refractivity contribution < 1.29 is 62.4 Å². The zero-order chi connectivity index (χ0) is 13.4. The van der Waals surface area contributed by atoms with E-state index in [0.717, 1.165) is 0 Å². The number of carbonyl (C=O) groups excluding carboxylic acids is 2. The zero-order valence-electron chi connectivity index (χ0n) is 11.5. The van der Waals surface area contributed by atoms with Crippen LogP contribution in [0.15, 0.2) is 48.8 Å². The summed E-state index contributed by atoms with van der Waals surface area (Å²) in [5.74, 6) is -0.980. The van der Waals surface area contributed by atoms with Crippen molar-refractivity contribution in [2.75, 3.05) is 0 Å². The van der Waals surface area contributed by atoms with Crippen LogP contribution in [0.25, 0.3) is 0 Å². The molecule has 2 aromatic rings. The summed E-state index contributed by atoms with van der Waals surface area (Å²) in [6.45, 7) is 0. The number of nitrogens with zero attached hydrogens (tertiary/aromatic N) is 2. The minimum atomic E-state index is -0.490. The van der Waals surface area contributed by atoms with Crippen molar-refractivity contribution in [2.24, 2.45) is 11.5 Å². The molecule has 0 aliphatic rings. The molecule has 0 fully saturated rings. The van der Waals surface area contributed by atoms with Gasteiger partial charge in [0.1, 0.15) is 11.4 Å². The predicted octanol–water partition coefficient (Wildman–Crippen LogP) is -7.28. The van der Waals surface area contributed by atoms with E-state index < -0.39 is 11.8 Å². The second-order valence-electron chi connectivity index (χ2n) is 3.16. The Morgan fingerprint density at radius 2 is 1.04 bits per heavy atom. The van der Waals surface area contributed by atoms with Gasteiger partial charge in [0.15, 0.2) is 0 Å². The van der Waals surface area contributed by atoms with Gasteiger partial charge in [-0.3, -0.25) is 19.6 Å². The number of rotatable bonds is 2. The van der Waals surface area contributed by atoms with Crippen LogP contribution in [0.2, 0.25) is 0 Å². The van der Waals surface area contributed by atoms with Crippen LogP contribution >= 0.6 is 0 Å². The molecule has 11 heteroatoms. The van der Waals surface area contributed by atoms with Gasteiger partial charge in [-0.25, -0.2) is 0 Å². The Labute approximate surface area is 156 Å². The first-order valence-corrected chi connectivity index (χ1v) is 5.03. The standard InChI is InChI=1S/2C6H6N2O.2ClH.Cu.2H2O/c2*7-6(9)5-3-1-2-4-8-5;;;;;/h2*1-4H,(H2,7,9);2*1H;;2*1H2/q;;;;+2;;/p-2. The van der Waals surface area contributed by atoms with Gasteiger partial charge in [-0.2, -0.15) is 0 Å². The van der Waals surface area contributed by atoms with Gasteiger partial charge in [-0.05, 0) is 24.3 Å². The molecule has 8 nitrogen and oxygen atoms in total. The first-order chi connectivity index (χ1) is 8.61. The van der Waals surface area contributed by atoms with Crippen molar-refractivity contribution in [2.45, 2.75) is 0 Å². The van der Waals surface area contributed by atoms with E-state index in [1.807, 2.05) is 0 Å². The molecule has 1 radical (unpaired) electrons. The Morgan fingerprint density at radius 1 is 0.739 bits per heavy atom. The first kappa shape index (κ1) is 33.0. The van der Waals surface area contributed by atoms with Gasteiger partial charge >= 0.3 is 17.1 Å². The van der Waals surface area contributed by atoms with Crippen molar-refractivity contribution in [3.05, 3.63) is 60.2 Å². The molecule has 0 bridgehead atoms. The number of aromatic nitrogens is 2. The second-order valence-corrected chi connectivity index (χ2v) is 3.16. The quantitative estimate of drug-likeness (QED) is 0.464. The van der Waals surface area contributed by atoms with Crippen molar-refractivity contribution in [1.29, 1.82) is 0 Å². The number of carbonyl (C=O) groups is 2. The molecule has 0 atom stereocenters. The monoisotopic (exact) mass is 413 g/mol. The number of hydrogen-bond donors (Lipinski definition) is 2. The molecule has 2 rings (SSSR count). The molecule has 2 aromatic heterocycles. The summed E-state index contributed by atoms with van der Waals surface area (Å²) in [5.41, 5.74) is 10.4. The number of hydrogen-bond acceptors (Lipinski definition) is 4. The molecule has 133 valence electrons. The zero-order valence-corrected chi connectivity index (χ0v) is 14.0. The average Bonchev–Trinajstić information content (AvgIpc) is 2.41. The van der Waals surface area contributed by atoms with Gasteiger partial charge in [-0.1, -0.05) is 12.1 Å². The summed E-state index contributed by atoms with van der Waals surface area (Å²) in [5, 5.41) is 0. The number of nitrogens with two attached hydrogens (primary N) is 2. The average molecular weight is 415 g/mol. The van der Waals surface area contributed by atoms with Crippen LogP contribution in [0.1, 0.15) is 21.0 Å². The maximum Gasteiger partial charge on any atom is 2.00 e. The Hall–Kier alpha value is -1.74. The van der Waals surface area contributed by atoms with Gasteiger partial charge < -0.3 is 47.2 Å². The molecule has 2 heterocycles. The molecule has 0 saturated carbocycles. The third-order valence-electron chi connectivity index (χ3n) is 1.83. The molecular formula is C12H16Cl2CuN4O4. The van der Waals surface area contributed by atoms with Crippen LogP contribution in [-0.2, 0) is 17.1 Å². The molecule has 23 heavy (non-hydrogen) atoms. The normalized spacial score (nSPS) is 6.96. The number of halogens is 2. The fraction of sp³-hybridized carbons (Fsp3) is 0. The summed E-state index contributed by atoms with van der Waals surface area (Å²) in [6, 6.07) is 10.0. The van der Waals surface area contributed by atoms with Crippen LogP contribution in [-0.4, -0.2) is 32.7 Å². The van der Waals surface area contributed by atoms with Crippen LogP contribution in [0, 0.1) is 0 Å². The van der Waals surface area contributed by atoms with Gasteiger partial charge in [0, 0.05) is 12.4 Å². The second kappa shape index (κ2) is 18.3. The smallest absolute Gasteiger partial charge is 1.00 e. The van der Waals surface area contributed by atoms with Crippen molar-refractivity contribution in [3.8, 4) is 0 Å². The Bertz CT molecular complexity index is 486. The summed E-state index contributed by atoms with van der Waals surface area (Å²) < 4.78 is 0. The SMILES string of the molecule is NC(=O)c1ccccn1.NC(=O)c1ccccn1.O.O.[Cl-].[Cl-].[Cu+2]. The van der Waals surface area contributed by atoms with E-state index in [9.17, 15) is 9.59 Å². The van der Waals surface area contributed by atoms with E-state index in [0.29, 0.717) is 11.4 Å². The molecule has 0 aliphatic heterocycles. The molecule has 0 spiro atoms. The van der Waals surface area contributed by atoms with E-state index in [1.165, 1.54) is 12.4 Å². The molecule has 2 amide bonds. The third kappa shape index (κ3) is 13.6. The van der Waals surface area contributed by atoms with Gasteiger partial charge in [-0.15, -0.1) is 0 Å². The number of amides is 2. The van der Waals surface area contributed by atoms with Crippen molar-refractivity contribution in [1.82, 2.24) is 9.97 Å². The fourth-order valence-corrected chi connectivity index (χ4v) is 1.02. The molecular weight excluding hydrogens is 399 g/mol. The Morgan fingerprint density at radius 3 is 1.17 bits per heavy atom. The number of pyridine rings is 2. The third-order valence-corrected chi connectivity index (χ3v) is 1.83. The van der Waals surface area contributed by atoms with Crippen LogP contribution in [0.4, 0.5) is 0 Å². The number of primary amides is 2. The fourth-order valence-electron chi connectivity index (χ4n) is 1.02. The van der Waals surface area contributed by atoms with Gasteiger partial charge in [0.2, 0.25) is 0 Å². The van der Waals surface area contributed by atoms with Gasteiger partial charge in [0.05, 0.1) is 0 Å². The molecule has 8 N–H and O–H groups in total. The first-order valence-electron chi connectivity index (χ1n) is 5.03. The van der Waals surface area contributed by atoms with Gasteiger partial charge in [0.25, 0.3) is 11.8 Å². The van der Waals surface area contributed by atoms with Crippen molar-refractivity contribution >= 4 is 11.8 Å². The van der Waals surface area contributed by atoms with E-state index in [-0.39, 0.29) is 52.8 Å². The Kier molecular flexibility index (Phi) is 26.3. The van der Waals surface area contributed by atoms with Crippen LogP contribution in [0.5, 0.6) is 0 Å². The summed E-state index contributed by atoms with van der Waals surface area (Å²) in [6.07, 6.45) is 3.06. The van der Waals surface area contributed by atoms with E-state index in [1.54, 1.807) is 36.4 Å². The maximum absolute atomic E-state index is 10.4. The largest absolute Gasteiger partial charge is 2.00 e. The predicted molar refractivity (Wildman–Crippen MR) is 72.7 cm³/mol. The van der Waals surface area contributed by atoms with Crippen LogP contribution in [0.3, 0.4) is 0 Å². The molecule has 0 unspecified atom stereocenters. The summed E-state index contributed by atoms with van der Waals surface area (Å²) in [7, 11) is 0. The van der Waals surface area contributed by atoms with Crippen LogP contribution < -0.4 is 36.3 Å². The molecule has 0 aliphatic carbocycles. The van der Waals surface area contributed by atoms with E-state index >= 15 is 0 Å². The maximum atomic E-state index is 10.4. The Balaban J connectivity index is -0.0000000771. The minimum absolute atomic E-state index is 0. The molecule has 0 saturated heterocycles. The topological polar surface area (TPSA) is 175 Å². The minimum Gasteiger partial charge on any atom is -1.00 e. The van der Waals surface area contributed by atoms with Crippen molar-refractivity contribution in [3.63, 3.8) is 0 Å².